The molecule has 150 valence electrons. The number of nitrogens with one attached hydrogen (secondary N) is 2. The lowest BCUT2D eigenvalue weighted by atomic mass is 10.1. The van der Waals surface area contributed by atoms with Crippen molar-refractivity contribution in [1.29, 1.82) is 0 Å². The van der Waals surface area contributed by atoms with E-state index in [1.54, 1.807) is 6.07 Å². The van der Waals surface area contributed by atoms with Crippen LogP contribution in [0.4, 0.5) is 4.39 Å². The summed E-state index contributed by atoms with van der Waals surface area (Å²) >= 11 is 0. The Kier molecular flexibility index (Phi) is 11.0. The molecular weight excluding hydrogens is 456 g/mol. The molecule has 0 radical (unpaired) electrons. The van der Waals surface area contributed by atoms with Crippen molar-refractivity contribution in [2.75, 3.05) is 19.6 Å². The Hall–Kier alpha value is -1.64. The molecule has 1 aromatic carbocycles. The second-order valence-corrected chi connectivity index (χ2v) is 6.38. The van der Waals surface area contributed by atoms with Gasteiger partial charge in [0.25, 0.3) is 0 Å². The van der Waals surface area contributed by atoms with Gasteiger partial charge in [-0.05, 0) is 63.3 Å². The van der Waals surface area contributed by atoms with Gasteiger partial charge in [0.05, 0.1) is 0 Å². The minimum absolute atomic E-state index is 0. The lowest BCUT2D eigenvalue weighted by molar-refractivity contribution is 0.600. The Morgan fingerprint density at radius 2 is 2.04 bits per heavy atom. The zero-order valence-electron chi connectivity index (χ0n) is 16.5. The van der Waals surface area contributed by atoms with Crippen molar-refractivity contribution in [3.05, 3.63) is 53.4 Å². The number of imidazole rings is 1. The van der Waals surface area contributed by atoms with Gasteiger partial charge in [-0.15, -0.1) is 24.0 Å². The number of hydrogen-bond donors (Lipinski definition) is 2. The van der Waals surface area contributed by atoms with Crippen LogP contribution in [0.25, 0.3) is 0 Å². The molecule has 0 fully saturated rings. The van der Waals surface area contributed by atoms with Gasteiger partial charge in [0.1, 0.15) is 11.6 Å². The third kappa shape index (κ3) is 8.28. The molecule has 2 rings (SSSR count). The molecule has 27 heavy (non-hydrogen) atoms. The largest absolute Gasteiger partial charge is 0.357 e. The highest BCUT2D eigenvalue weighted by molar-refractivity contribution is 14.0. The predicted octanol–water partition coefficient (Wildman–Crippen LogP) is 3.84. The zero-order chi connectivity index (χ0) is 18.8. The minimum atomic E-state index is -0.181. The van der Waals surface area contributed by atoms with Crippen LogP contribution in [0.15, 0.2) is 35.6 Å². The highest BCUT2D eigenvalue weighted by Crippen LogP contribution is 2.10. The third-order valence-electron chi connectivity index (χ3n) is 4.34. The smallest absolute Gasteiger partial charge is 0.191 e. The fraction of sp³-hybridized carbons (Fsp3) is 0.500. The number of aryl methyl sites for hydroxylation is 3. The molecule has 5 nitrogen and oxygen atoms in total. The zero-order valence-corrected chi connectivity index (χ0v) is 18.8. The summed E-state index contributed by atoms with van der Waals surface area (Å²) in [6.07, 6.45) is 6.81. The Labute approximate surface area is 178 Å². The fourth-order valence-corrected chi connectivity index (χ4v) is 2.82. The van der Waals surface area contributed by atoms with E-state index in [2.05, 4.69) is 32.1 Å². The van der Waals surface area contributed by atoms with Crippen LogP contribution >= 0.6 is 24.0 Å². The summed E-state index contributed by atoms with van der Waals surface area (Å²) < 4.78 is 15.3. The summed E-state index contributed by atoms with van der Waals surface area (Å²) in [4.78, 5) is 8.86. The summed E-state index contributed by atoms with van der Waals surface area (Å²) in [5.74, 6) is 1.71. The fourth-order valence-electron chi connectivity index (χ4n) is 2.82. The molecule has 1 aromatic heterocycles. The number of rotatable bonds is 9. The molecule has 0 aliphatic heterocycles. The molecule has 0 amide bonds. The second kappa shape index (κ2) is 12.7. The molecular formula is C20H31FIN5. The third-order valence-corrected chi connectivity index (χ3v) is 4.34. The Balaban J connectivity index is 0.00000364. The lowest BCUT2D eigenvalue weighted by Gasteiger charge is -2.12. The molecule has 0 saturated carbocycles. The lowest BCUT2D eigenvalue weighted by Crippen LogP contribution is -2.38. The number of hydrogen-bond acceptors (Lipinski definition) is 2. The maximum absolute atomic E-state index is 13.2. The maximum atomic E-state index is 13.2. The molecule has 0 unspecified atom stereocenters. The number of aromatic nitrogens is 2. The molecule has 2 N–H and O–H groups in total. The molecule has 0 spiro atoms. The van der Waals surface area contributed by atoms with Crippen LogP contribution < -0.4 is 10.6 Å². The summed E-state index contributed by atoms with van der Waals surface area (Å²) in [6.45, 7) is 9.40. The van der Waals surface area contributed by atoms with Gasteiger partial charge >= 0.3 is 0 Å². The van der Waals surface area contributed by atoms with Crippen molar-refractivity contribution < 1.29 is 4.39 Å². The Bertz CT molecular complexity index is 714. The van der Waals surface area contributed by atoms with Crippen LogP contribution in [-0.2, 0) is 13.0 Å². The standard InChI is InChI=1S/C20H30FN5.HI/c1-4-22-20(24-10-5-6-13-26-14-12-23-17(26)3)25-11-9-18-7-8-19(21)15-16(18)2;/h7-8,12,14-15H,4-6,9-11,13H2,1-3H3,(H2,22,24,25);1H. The van der Waals surface area contributed by atoms with Gasteiger partial charge in [-0.2, -0.15) is 0 Å². The SMILES string of the molecule is CCNC(=NCCCCn1ccnc1C)NCCc1ccc(F)cc1C.I. The number of guanidine groups is 1. The van der Waals surface area contributed by atoms with Crippen LogP contribution in [0.5, 0.6) is 0 Å². The Morgan fingerprint density at radius 1 is 1.22 bits per heavy atom. The van der Waals surface area contributed by atoms with Crippen LogP contribution in [0.2, 0.25) is 0 Å². The van der Waals surface area contributed by atoms with Crippen LogP contribution in [0.3, 0.4) is 0 Å². The number of unbranched alkanes of at least 4 members (excludes halogenated alkanes) is 1. The van der Waals surface area contributed by atoms with Crippen molar-refractivity contribution in [2.45, 2.75) is 46.6 Å². The van der Waals surface area contributed by atoms with E-state index in [1.807, 2.05) is 32.3 Å². The van der Waals surface area contributed by atoms with Crippen molar-refractivity contribution in [2.24, 2.45) is 4.99 Å². The Morgan fingerprint density at radius 3 is 2.70 bits per heavy atom. The monoisotopic (exact) mass is 487 g/mol. The average molecular weight is 487 g/mol. The maximum Gasteiger partial charge on any atom is 0.191 e. The van der Waals surface area contributed by atoms with Crippen LogP contribution in [0, 0.1) is 19.7 Å². The first-order valence-electron chi connectivity index (χ1n) is 9.35. The second-order valence-electron chi connectivity index (χ2n) is 6.38. The van der Waals surface area contributed by atoms with E-state index in [1.165, 1.54) is 6.07 Å². The van der Waals surface area contributed by atoms with Crippen molar-refractivity contribution >= 4 is 29.9 Å². The van der Waals surface area contributed by atoms with Crippen LogP contribution in [0.1, 0.15) is 36.7 Å². The quantitative estimate of drug-likeness (QED) is 0.245. The molecule has 0 aliphatic carbocycles. The van der Waals surface area contributed by atoms with E-state index in [9.17, 15) is 4.39 Å². The first-order valence-corrected chi connectivity index (χ1v) is 9.35. The van der Waals surface area contributed by atoms with E-state index in [4.69, 9.17) is 0 Å². The molecule has 0 aliphatic rings. The van der Waals surface area contributed by atoms with Crippen molar-refractivity contribution in [3.8, 4) is 0 Å². The first kappa shape index (κ1) is 23.4. The van der Waals surface area contributed by atoms with Crippen molar-refractivity contribution in [3.63, 3.8) is 0 Å². The summed E-state index contributed by atoms with van der Waals surface area (Å²) in [5, 5.41) is 6.62. The number of aliphatic imine (C=N–C) groups is 1. The molecule has 0 atom stereocenters. The normalized spacial score (nSPS) is 11.2. The minimum Gasteiger partial charge on any atom is -0.357 e. The van der Waals surface area contributed by atoms with Gasteiger partial charge in [0.2, 0.25) is 0 Å². The van der Waals surface area contributed by atoms with Gasteiger partial charge in [-0.3, -0.25) is 4.99 Å². The number of benzene rings is 1. The van der Waals surface area contributed by atoms with Gasteiger partial charge in [0, 0.05) is 38.6 Å². The van der Waals surface area contributed by atoms with Gasteiger partial charge in [0.15, 0.2) is 5.96 Å². The predicted molar refractivity (Wildman–Crippen MR) is 120 cm³/mol. The number of nitrogens with zero attached hydrogens (tertiary/aromatic N) is 3. The molecule has 1 heterocycles. The average Bonchev–Trinajstić information content (AvgIpc) is 3.01. The van der Waals surface area contributed by atoms with E-state index in [0.717, 1.165) is 68.4 Å². The molecule has 7 heteroatoms. The van der Waals surface area contributed by atoms with E-state index >= 15 is 0 Å². The van der Waals surface area contributed by atoms with Gasteiger partial charge < -0.3 is 15.2 Å². The van der Waals surface area contributed by atoms with E-state index in [0.29, 0.717) is 0 Å². The number of halogens is 2. The summed E-state index contributed by atoms with van der Waals surface area (Å²) in [7, 11) is 0. The van der Waals surface area contributed by atoms with Crippen molar-refractivity contribution in [1.82, 2.24) is 20.2 Å². The van der Waals surface area contributed by atoms with E-state index in [-0.39, 0.29) is 29.8 Å². The van der Waals surface area contributed by atoms with E-state index < -0.39 is 0 Å². The van der Waals surface area contributed by atoms with Gasteiger partial charge in [-0.1, -0.05) is 6.07 Å². The van der Waals surface area contributed by atoms with Crippen LogP contribution in [-0.4, -0.2) is 35.1 Å². The topological polar surface area (TPSA) is 54.2 Å². The molecule has 2 aromatic rings. The first-order chi connectivity index (χ1) is 12.6. The summed E-state index contributed by atoms with van der Waals surface area (Å²) in [6, 6.07) is 4.95. The highest BCUT2D eigenvalue weighted by atomic mass is 127. The summed E-state index contributed by atoms with van der Waals surface area (Å²) in [5.41, 5.74) is 2.15. The van der Waals surface area contributed by atoms with Gasteiger partial charge in [-0.25, -0.2) is 9.37 Å². The highest BCUT2D eigenvalue weighted by Gasteiger charge is 2.02. The molecule has 0 saturated heterocycles. The molecule has 0 bridgehead atoms.